The lowest BCUT2D eigenvalue weighted by Gasteiger charge is -2.27. The van der Waals surface area contributed by atoms with Crippen LogP contribution >= 0.6 is 0 Å². The molecule has 1 aliphatic carbocycles. The lowest BCUT2D eigenvalue weighted by Crippen LogP contribution is -2.18. The summed E-state index contributed by atoms with van der Waals surface area (Å²) in [6, 6.07) is 8.84. The van der Waals surface area contributed by atoms with Crippen molar-refractivity contribution in [2.75, 3.05) is 6.61 Å². The van der Waals surface area contributed by atoms with Gasteiger partial charge in [0.15, 0.2) is 0 Å². The van der Waals surface area contributed by atoms with Crippen LogP contribution in [0.3, 0.4) is 0 Å². The van der Waals surface area contributed by atoms with E-state index in [-0.39, 0.29) is 6.61 Å². The van der Waals surface area contributed by atoms with Gasteiger partial charge in [0, 0.05) is 6.61 Å². The molecule has 0 aromatic heterocycles. The summed E-state index contributed by atoms with van der Waals surface area (Å²) in [6.07, 6.45) is 8.96. The molecule has 0 radical (unpaired) electrons. The van der Waals surface area contributed by atoms with E-state index in [0.717, 1.165) is 6.42 Å². The van der Waals surface area contributed by atoms with Gasteiger partial charge in [-0.3, -0.25) is 0 Å². The van der Waals surface area contributed by atoms with E-state index in [1.165, 1.54) is 49.7 Å². The van der Waals surface area contributed by atoms with Crippen LogP contribution < -0.4 is 0 Å². The van der Waals surface area contributed by atoms with Gasteiger partial charge in [-0.1, -0.05) is 50.5 Å². The second-order valence-electron chi connectivity index (χ2n) is 5.53. The first-order valence-corrected chi connectivity index (χ1v) is 6.97. The van der Waals surface area contributed by atoms with Gasteiger partial charge >= 0.3 is 0 Å². The molecule has 17 heavy (non-hydrogen) atoms. The fourth-order valence-corrected chi connectivity index (χ4v) is 3.17. The first kappa shape index (κ1) is 12.6. The van der Waals surface area contributed by atoms with Crippen molar-refractivity contribution in [1.82, 2.24) is 0 Å². The number of aliphatic hydroxyl groups excluding tert-OH is 1. The summed E-state index contributed by atoms with van der Waals surface area (Å²) < 4.78 is 0. The minimum atomic E-state index is 0.248. The molecule has 1 saturated carbocycles. The molecule has 0 heterocycles. The van der Waals surface area contributed by atoms with Crippen molar-refractivity contribution in [2.45, 2.75) is 51.9 Å². The zero-order chi connectivity index (χ0) is 12.1. The summed E-state index contributed by atoms with van der Waals surface area (Å²) in [5, 5.41) is 8.90. The standard InChI is InChI=1S/C16H24O/c1-2-16(10-3-4-11-16)13-15-7-5-14(6-8-15)9-12-17/h5-8,17H,2-4,9-13H2,1H3. The molecule has 1 aliphatic rings. The van der Waals surface area contributed by atoms with E-state index in [4.69, 9.17) is 5.11 Å². The highest BCUT2D eigenvalue weighted by atomic mass is 16.2. The molecule has 1 nitrogen and oxygen atoms in total. The summed E-state index contributed by atoms with van der Waals surface area (Å²) >= 11 is 0. The Hall–Kier alpha value is -0.820. The molecular formula is C16H24O. The number of hydrogen-bond acceptors (Lipinski definition) is 1. The summed E-state index contributed by atoms with van der Waals surface area (Å²) in [6.45, 7) is 2.59. The van der Waals surface area contributed by atoms with Crippen LogP contribution in [0.4, 0.5) is 0 Å². The van der Waals surface area contributed by atoms with Gasteiger partial charge in [0.1, 0.15) is 0 Å². The third-order valence-electron chi connectivity index (χ3n) is 4.42. The van der Waals surface area contributed by atoms with Crippen LogP contribution in [0.25, 0.3) is 0 Å². The molecular weight excluding hydrogens is 208 g/mol. The molecule has 0 saturated heterocycles. The van der Waals surface area contributed by atoms with Gasteiger partial charge in [-0.25, -0.2) is 0 Å². The van der Waals surface area contributed by atoms with E-state index in [2.05, 4.69) is 31.2 Å². The summed E-state index contributed by atoms with van der Waals surface area (Å²) in [5.41, 5.74) is 3.29. The molecule has 1 fully saturated rings. The number of aliphatic hydroxyl groups is 1. The Morgan fingerprint density at radius 2 is 1.65 bits per heavy atom. The predicted octanol–water partition coefficient (Wildman–Crippen LogP) is 3.73. The number of hydrogen-bond donors (Lipinski definition) is 1. The molecule has 0 amide bonds. The average Bonchev–Trinajstić information content (AvgIpc) is 2.81. The molecule has 0 spiro atoms. The van der Waals surface area contributed by atoms with Crippen LogP contribution in [0.1, 0.15) is 50.2 Å². The average molecular weight is 232 g/mol. The second-order valence-corrected chi connectivity index (χ2v) is 5.53. The summed E-state index contributed by atoms with van der Waals surface area (Å²) in [5.74, 6) is 0. The van der Waals surface area contributed by atoms with Crippen molar-refractivity contribution >= 4 is 0 Å². The highest BCUT2D eigenvalue weighted by Gasteiger charge is 2.31. The van der Waals surface area contributed by atoms with E-state index < -0.39 is 0 Å². The van der Waals surface area contributed by atoms with Gasteiger partial charge in [-0.05, 0) is 42.2 Å². The maximum atomic E-state index is 8.90. The molecule has 0 atom stereocenters. The fourth-order valence-electron chi connectivity index (χ4n) is 3.17. The van der Waals surface area contributed by atoms with Gasteiger partial charge in [0.25, 0.3) is 0 Å². The fraction of sp³-hybridized carbons (Fsp3) is 0.625. The number of rotatable bonds is 5. The van der Waals surface area contributed by atoms with Crippen molar-refractivity contribution in [3.63, 3.8) is 0 Å². The molecule has 0 aliphatic heterocycles. The summed E-state index contributed by atoms with van der Waals surface area (Å²) in [4.78, 5) is 0. The second kappa shape index (κ2) is 5.68. The Bertz CT molecular complexity index is 333. The van der Waals surface area contributed by atoms with E-state index in [0.29, 0.717) is 5.41 Å². The molecule has 0 bridgehead atoms. The van der Waals surface area contributed by atoms with E-state index in [1.54, 1.807) is 0 Å². The zero-order valence-electron chi connectivity index (χ0n) is 10.9. The summed E-state index contributed by atoms with van der Waals surface area (Å²) in [7, 11) is 0. The molecule has 1 aromatic rings. The quantitative estimate of drug-likeness (QED) is 0.820. The van der Waals surface area contributed by atoms with E-state index in [9.17, 15) is 0 Å². The largest absolute Gasteiger partial charge is 0.396 e. The molecule has 94 valence electrons. The van der Waals surface area contributed by atoms with E-state index >= 15 is 0 Å². The van der Waals surface area contributed by atoms with Crippen LogP contribution in [0.5, 0.6) is 0 Å². The minimum Gasteiger partial charge on any atom is -0.396 e. The van der Waals surface area contributed by atoms with Crippen molar-refractivity contribution in [2.24, 2.45) is 5.41 Å². The van der Waals surface area contributed by atoms with Crippen LogP contribution in [0.15, 0.2) is 24.3 Å². The van der Waals surface area contributed by atoms with Crippen molar-refractivity contribution in [3.8, 4) is 0 Å². The Kier molecular flexibility index (Phi) is 4.22. The van der Waals surface area contributed by atoms with Crippen molar-refractivity contribution in [3.05, 3.63) is 35.4 Å². The molecule has 1 aromatic carbocycles. The lowest BCUT2D eigenvalue weighted by atomic mass is 9.78. The predicted molar refractivity (Wildman–Crippen MR) is 72.1 cm³/mol. The SMILES string of the molecule is CCC1(Cc2ccc(CCO)cc2)CCCC1. The topological polar surface area (TPSA) is 20.2 Å². The third-order valence-corrected chi connectivity index (χ3v) is 4.42. The van der Waals surface area contributed by atoms with Crippen LogP contribution in [-0.2, 0) is 12.8 Å². The number of benzene rings is 1. The van der Waals surface area contributed by atoms with Crippen LogP contribution in [-0.4, -0.2) is 11.7 Å². The Morgan fingerprint density at radius 1 is 1.06 bits per heavy atom. The first-order valence-electron chi connectivity index (χ1n) is 6.97. The lowest BCUT2D eigenvalue weighted by molar-refractivity contribution is 0.282. The molecule has 1 heteroatoms. The first-order chi connectivity index (χ1) is 8.28. The highest BCUT2D eigenvalue weighted by molar-refractivity contribution is 5.24. The van der Waals surface area contributed by atoms with Gasteiger partial charge in [-0.15, -0.1) is 0 Å². The minimum absolute atomic E-state index is 0.248. The normalized spacial score (nSPS) is 18.5. The molecule has 2 rings (SSSR count). The van der Waals surface area contributed by atoms with Gasteiger partial charge in [-0.2, -0.15) is 0 Å². The maximum Gasteiger partial charge on any atom is 0.0471 e. The molecule has 0 unspecified atom stereocenters. The van der Waals surface area contributed by atoms with Crippen molar-refractivity contribution in [1.29, 1.82) is 0 Å². The smallest absolute Gasteiger partial charge is 0.0471 e. The maximum absolute atomic E-state index is 8.90. The van der Waals surface area contributed by atoms with Crippen LogP contribution in [0, 0.1) is 5.41 Å². The zero-order valence-corrected chi connectivity index (χ0v) is 10.9. The van der Waals surface area contributed by atoms with Crippen LogP contribution in [0.2, 0.25) is 0 Å². The van der Waals surface area contributed by atoms with Gasteiger partial charge in [0.2, 0.25) is 0 Å². The molecule has 1 N–H and O–H groups in total. The van der Waals surface area contributed by atoms with E-state index in [1.807, 2.05) is 0 Å². The monoisotopic (exact) mass is 232 g/mol. The van der Waals surface area contributed by atoms with Gasteiger partial charge < -0.3 is 5.11 Å². The Balaban J connectivity index is 2.02. The third kappa shape index (κ3) is 3.10. The van der Waals surface area contributed by atoms with Gasteiger partial charge in [0.05, 0.1) is 0 Å². The van der Waals surface area contributed by atoms with Crippen molar-refractivity contribution < 1.29 is 5.11 Å². The highest BCUT2D eigenvalue weighted by Crippen LogP contribution is 2.43. The Labute approximate surface area is 105 Å². The Morgan fingerprint density at radius 3 is 2.18 bits per heavy atom.